The number of hydrogen-bond acceptors (Lipinski definition) is 6. The normalized spacial score (nSPS) is 13.5. The van der Waals surface area contributed by atoms with E-state index in [1.807, 2.05) is 0 Å². The molecule has 2 heterocycles. The number of ether oxygens (including phenoxy) is 1. The lowest BCUT2D eigenvalue weighted by atomic mass is 10.1. The molecule has 1 aliphatic carbocycles. The summed E-state index contributed by atoms with van der Waals surface area (Å²) in [5, 5.41) is 6.30. The van der Waals surface area contributed by atoms with Crippen molar-refractivity contribution >= 4 is 45.7 Å². The minimum atomic E-state index is -2.87. The van der Waals surface area contributed by atoms with Gasteiger partial charge < -0.3 is 15.8 Å². The predicted molar refractivity (Wildman–Crippen MR) is 106 cm³/mol. The average Bonchev–Trinajstić information content (AvgIpc) is 3.35. The summed E-state index contributed by atoms with van der Waals surface area (Å²) < 4.78 is 32.5. The molecule has 8 nitrogen and oxygen atoms in total. The Morgan fingerprint density at radius 3 is 2.60 bits per heavy atom. The van der Waals surface area contributed by atoms with Gasteiger partial charge in [-0.25, -0.2) is 13.6 Å². The summed E-state index contributed by atoms with van der Waals surface area (Å²) in [6.07, 6.45) is -1.32. The molecule has 2 aromatic rings. The van der Waals surface area contributed by atoms with Crippen LogP contribution in [-0.2, 0) is 16.1 Å². The maximum atomic E-state index is 13.2. The first-order chi connectivity index (χ1) is 14.1. The minimum absolute atomic E-state index is 0.0224. The third-order valence-corrected chi connectivity index (χ3v) is 6.13. The van der Waals surface area contributed by atoms with Crippen LogP contribution in [-0.4, -0.2) is 34.2 Å². The zero-order valence-corrected chi connectivity index (χ0v) is 17.7. The van der Waals surface area contributed by atoms with E-state index in [9.17, 15) is 23.2 Å². The van der Waals surface area contributed by atoms with Gasteiger partial charge in [-0.15, -0.1) is 11.3 Å². The van der Waals surface area contributed by atoms with Crippen molar-refractivity contribution < 1.29 is 27.9 Å². The highest BCUT2D eigenvalue weighted by molar-refractivity contribution is 7.18. The summed E-state index contributed by atoms with van der Waals surface area (Å²) in [6, 6.07) is 0. The maximum absolute atomic E-state index is 13.2. The van der Waals surface area contributed by atoms with Crippen LogP contribution in [0.4, 0.5) is 13.8 Å². The molecule has 1 fully saturated rings. The molecule has 0 aromatic carbocycles. The van der Waals surface area contributed by atoms with Crippen molar-refractivity contribution in [1.29, 1.82) is 0 Å². The van der Waals surface area contributed by atoms with Crippen LogP contribution in [0.15, 0.2) is 0 Å². The molecule has 30 heavy (non-hydrogen) atoms. The molecule has 0 radical (unpaired) electrons. The summed E-state index contributed by atoms with van der Waals surface area (Å²) in [6.45, 7) is 2.85. The monoisotopic (exact) mass is 460 g/mol. The molecule has 162 valence electrons. The fraction of sp³-hybridized carbons (Fsp3) is 0.444. The van der Waals surface area contributed by atoms with E-state index in [1.54, 1.807) is 6.92 Å². The lowest BCUT2D eigenvalue weighted by Gasteiger charge is -2.09. The number of primary amides is 1. The molecule has 0 saturated heterocycles. The molecule has 2 amide bonds. The quantitative estimate of drug-likeness (QED) is 0.583. The average molecular weight is 461 g/mol. The number of alkyl halides is 2. The molecule has 3 rings (SSSR count). The number of carbonyl (C=O) groups excluding carboxylic acids is 3. The zero-order chi connectivity index (χ0) is 22.2. The second-order valence-electron chi connectivity index (χ2n) is 6.71. The minimum Gasteiger partial charge on any atom is -0.462 e. The Morgan fingerprint density at radius 2 is 2.07 bits per heavy atom. The summed E-state index contributed by atoms with van der Waals surface area (Å²) in [5.74, 6) is -2.11. The molecular formula is C18H19ClF2N4O4S. The number of esters is 1. The van der Waals surface area contributed by atoms with Crippen molar-refractivity contribution in [3.05, 3.63) is 32.4 Å². The molecule has 1 aliphatic rings. The van der Waals surface area contributed by atoms with E-state index in [4.69, 9.17) is 22.1 Å². The number of nitrogens with one attached hydrogen (secondary N) is 1. The van der Waals surface area contributed by atoms with E-state index in [2.05, 4.69) is 10.4 Å². The highest BCUT2D eigenvalue weighted by Gasteiger charge is 2.34. The second-order valence-corrected chi connectivity index (χ2v) is 8.11. The van der Waals surface area contributed by atoms with Gasteiger partial charge in [0.2, 0.25) is 5.91 Å². The Kier molecular flexibility index (Phi) is 6.41. The van der Waals surface area contributed by atoms with E-state index >= 15 is 0 Å². The van der Waals surface area contributed by atoms with Crippen molar-refractivity contribution in [3.63, 3.8) is 0 Å². The third kappa shape index (κ3) is 4.31. The Labute approximate surface area is 179 Å². The van der Waals surface area contributed by atoms with Gasteiger partial charge in [-0.3, -0.25) is 14.3 Å². The SMILES string of the molecule is CCOC(=O)c1c(NC(=O)Cn2nc(C(F)F)c(Cl)c2C2CC2)sc(C(N)=O)c1C. The molecule has 0 unspecified atom stereocenters. The topological polar surface area (TPSA) is 116 Å². The molecule has 2 aromatic heterocycles. The number of nitrogens with zero attached hydrogens (tertiary/aromatic N) is 2. The van der Waals surface area contributed by atoms with Crippen LogP contribution in [0.5, 0.6) is 0 Å². The Balaban J connectivity index is 1.88. The summed E-state index contributed by atoms with van der Waals surface area (Å²) in [7, 11) is 0. The highest BCUT2D eigenvalue weighted by Crippen LogP contribution is 2.45. The molecule has 0 bridgehead atoms. The largest absolute Gasteiger partial charge is 0.462 e. The number of anilines is 1. The number of hydrogen-bond donors (Lipinski definition) is 2. The van der Waals surface area contributed by atoms with Gasteiger partial charge in [0.15, 0.2) is 0 Å². The smallest absolute Gasteiger partial charge is 0.341 e. The van der Waals surface area contributed by atoms with E-state index in [-0.39, 0.29) is 39.5 Å². The van der Waals surface area contributed by atoms with Crippen LogP contribution in [0.1, 0.15) is 69.1 Å². The Morgan fingerprint density at radius 1 is 1.40 bits per heavy atom. The molecule has 0 aliphatic heterocycles. The van der Waals surface area contributed by atoms with Gasteiger partial charge in [0.05, 0.1) is 27.8 Å². The fourth-order valence-corrected chi connectivity index (χ4v) is 4.50. The standard InChI is InChI=1S/C18H19ClF2N4O4S/c1-3-29-18(28)10-7(2)14(16(22)27)30-17(10)23-9(26)6-25-13(8-4-5-8)11(19)12(24-25)15(20)21/h8,15H,3-6H2,1-2H3,(H2,22,27)(H,23,26). The van der Waals surface area contributed by atoms with Gasteiger partial charge in [0.1, 0.15) is 17.2 Å². The van der Waals surface area contributed by atoms with E-state index in [0.29, 0.717) is 11.3 Å². The summed E-state index contributed by atoms with van der Waals surface area (Å²) in [4.78, 5) is 36.7. The van der Waals surface area contributed by atoms with Gasteiger partial charge in [-0.1, -0.05) is 11.6 Å². The molecular weight excluding hydrogens is 442 g/mol. The van der Waals surface area contributed by atoms with Crippen LogP contribution in [0.2, 0.25) is 5.02 Å². The van der Waals surface area contributed by atoms with E-state index < -0.39 is 29.9 Å². The number of thiophene rings is 1. The lowest BCUT2D eigenvalue weighted by molar-refractivity contribution is -0.116. The van der Waals surface area contributed by atoms with Gasteiger partial charge in [0, 0.05) is 5.92 Å². The van der Waals surface area contributed by atoms with Crippen LogP contribution >= 0.6 is 22.9 Å². The van der Waals surface area contributed by atoms with Gasteiger partial charge in [0.25, 0.3) is 12.3 Å². The zero-order valence-electron chi connectivity index (χ0n) is 16.1. The number of aromatic nitrogens is 2. The van der Waals surface area contributed by atoms with Crippen molar-refractivity contribution in [2.24, 2.45) is 5.73 Å². The van der Waals surface area contributed by atoms with Gasteiger partial charge >= 0.3 is 5.97 Å². The van der Waals surface area contributed by atoms with Crippen molar-refractivity contribution in [2.45, 2.75) is 45.6 Å². The van der Waals surface area contributed by atoms with Crippen LogP contribution in [0.25, 0.3) is 0 Å². The predicted octanol–water partition coefficient (Wildman–Crippen LogP) is 3.64. The number of nitrogens with two attached hydrogens (primary N) is 1. The van der Waals surface area contributed by atoms with E-state index in [1.165, 1.54) is 6.92 Å². The van der Waals surface area contributed by atoms with Gasteiger partial charge in [-0.2, -0.15) is 5.10 Å². The maximum Gasteiger partial charge on any atom is 0.341 e. The van der Waals surface area contributed by atoms with Crippen LogP contribution < -0.4 is 11.1 Å². The Bertz CT molecular complexity index is 1020. The van der Waals surface area contributed by atoms with Gasteiger partial charge in [-0.05, 0) is 32.3 Å². The first-order valence-corrected chi connectivity index (χ1v) is 10.3. The molecule has 0 atom stereocenters. The lowest BCUT2D eigenvalue weighted by Crippen LogP contribution is -2.21. The van der Waals surface area contributed by atoms with E-state index in [0.717, 1.165) is 28.9 Å². The molecule has 12 heteroatoms. The van der Waals surface area contributed by atoms with Crippen molar-refractivity contribution in [2.75, 3.05) is 11.9 Å². The second kappa shape index (κ2) is 8.68. The third-order valence-electron chi connectivity index (χ3n) is 4.52. The number of halogens is 3. The first-order valence-electron chi connectivity index (χ1n) is 9.10. The van der Waals surface area contributed by atoms with Crippen molar-refractivity contribution in [3.8, 4) is 0 Å². The van der Waals surface area contributed by atoms with Crippen molar-refractivity contribution in [1.82, 2.24) is 9.78 Å². The van der Waals surface area contributed by atoms with Crippen LogP contribution in [0.3, 0.4) is 0 Å². The molecule has 1 saturated carbocycles. The molecule has 0 spiro atoms. The first kappa shape index (κ1) is 22.2. The van der Waals surface area contributed by atoms with Crippen LogP contribution in [0, 0.1) is 6.92 Å². The summed E-state index contributed by atoms with van der Waals surface area (Å²) in [5.41, 5.74) is 5.49. The molecule has 3 N–H and O–H groups in total. The number of rotatable bonds is 8. The Hall–Kier alpha value is -2.53. The number of carbonyl (C=O) groups is 3. The highest BCUT2D eigenvalue weighted by atomic mass is 35.5. The fourth-order valence-electron chi connectivity index (χ4n) is 3.07. The summed E-state index contributed by atoms with van der Waals surface area (Å²) >= 11 is 6.90. The number of amides is 2.